The van der Waals surface area contributed by atoms with E-state index in [0.717, 1.165) is 0 Å². The molecule has 0 aromatic heterocycles. The average Bonchev–Trinajstić information content (AvgIpc) is 2.07. The van der Waals surface area contributed by atoms with Crippen LogP contribution in [0.2, 0.25) is 0 Å². The van der Waals surface area contributed by atoms with Crippen molar-refractivity contribution in [1.82, 2.24) is 4.90 Å². The van der Waals surface area contributed by atoms with E-state index in [1.54, 1.807) is 6.92 Å². The number of hydrogen-bond acceptors (Lipinski definition) is 3. The maximum Gasteiger partial charge on any atom is 0.229 e. The van der Waals surface area contributed by atoms with E-state index >= 15 is 0 Å². The Morgan fingerprint density at radius 1 is 1.28 bits per heavy atom. The standard InChI is InChI=1S/C14H25NO3/c1-10(2)6-14(5,18)9-15-11(16)7-13(3,4)8-12(15)17/h10,18H,6-9H2,1-5H3. The van der Waals surface area contributed by atoms with Gasteiger partial charge in [0.15, 0.2) is 0 Å². The molecule has 1 unspecified atom stereocenters. The zero-order valence-electron chi connectivity index (χ0n) is 12.1. The van der Waals surface area contributed by atoms with Crippen molar-refractivity contribution in [2.75, 3.05) is 6.54 Å². The van der Waals surface area contributed by atoms with Crippen molar-refractivity contribution in [1.29, 1.82) is 0 Å². The Balaban J connectivity index is 2.73. The highest BCUT2D eigenvalue weighted by Crippen LogP contribution is 2.32. The minimum absolute atomic E-state index is 0.110. The first-order valence-electron chi connectivity index (χ1n) is 6.58. The molecule has 2 amide bonds. The van der Waals surface area contributed by atoms with Gasteiger partial charge in [0, 0.05) is 12.8 Å². The number of hydrogen-bond donors (Lipinski definition) is 1. The quantitative estimate of drug-likeness (QED) is 0.781. The summed E-state index contributed by atoms with van der Waals surface area (Å²) in [6.45, 7) is 9.67. The van der Waals surface area contributed by atoms with Gasteiger partial charge < -0.3 is 5.11 Å². The molecule has 0 radical (unpaired) electrons. The van der Waals surface area contributed by atoms with E-state index in [1.165, 1.54) is 4.90 Å². The highest BCUT2D eigenvalue weighted by molar-refractivity contribution is 5.98. The Morgan fingerprint density at radius 2 is 1.72 bits per heavy atom. The van der Waals surface area contributed by atoms with Gasteiger partial charge in [-0.15, -0.1) is 0 Å². The Bertz CT molecular complexity index is 325. The third-order valence-corrected chi connectivity index (χ3v) is 3.21. The average molecular weight is 255 g/mol. The van der Waals surface area contributed by atoms with Crippen molar-refractivity contribution in [3.05, 3.63) is 0 Å². The lowest BCUT2D eigenvalue weighted by Crippen LogP contribution is -2.52. The summed E-state index contributed by atoms with van der Waals surface area (Å²) in [4.78, 5) is 25.2. The minimum atomic E-state index is -0.999. The maximum absolute atomic E-state index is 12.0. The highest BCUT2D eigenvalue weighted by Gasteiger charge is 2.40. The van der Waals surface area contributed by atoms with Gasteiger partial charge >= 0.3 is 0 Å². The first-order valence-corrected chi connectivity index (χ1v) is 6.58. The highest BCUT2D eigenvalue weighted by atomic mass is 16.3. The molecule has 104 valence electrons. The van der Waals surface area contributed by atoms with E-state index in [4.69, 9.17) is 0 Å². The maximum atomic E-state index is 12.0. The molecular formula is C14H25NO3. The van der Waals surface area contributed by atoms with Crippen LogP contribution in [0.3, 0.4) is 0 Å². The van der Waals surface area contributed by atoms with Crippen LogP contribution in [0.4, 0.5) is 0 Å². The number of nitrogens with zero attached hydrogens (tertiary/aromatic N) is 1. The second-order valence-electron chi connectivity index (χ2n) is 6.99. The van der Waals surface area contributed by atoms with Crippen LogP contribution in [0.1, 0.15) is 53.9 Å². The molecule has 1 fully saturated rings. The fourth-order valence-corrected chi connectivity index (χ4v) is 2.67. The van der Waals surface area contributed by atoms with Crippen molar-refractivity contribution in [2.45, 2.75) is 59.5 Å². The lowest BCUT2D eigenvalue weighted by atomic mass is 9.81. The molecule has 1 N–H and O–H groups in total. The first-order chi connectivity index (χ1) is 8.02. The number of carbonyl (C=O) groups is 2. The summed E-state index contributed by atoms with van der Waals surface area (Å²) in [6, 6.07) is 0. The van der Waals surface area contributed by atoms with Crippen molar-refractivity contribution < 1.29 is 14.7 Å². The van der Waals surface area contributed by atoms with E-state index in [0.29, 0.717) is 25.2 Å². The van der Waals surface area contributed by atoms with Crippen LogP contribution in [0, 0.1) is 11.3 Å². The lowest BCUT2D eigenvalue weighted by Gasteiger charge is -2.38. The number of aliphatic hydroxyl groups is 1. The minimum Gasteiger partial charge on any atom is -0.388 e. The fraction of sp³-hybridized carbons (Fsp3) is 0.857. The molecule has 1 saturated heterocycles. The van der Waals surface area contributed by atoms with Crippen LogP contribution in [0.5, 0.6) is 0 Å². The van der Waals surface area contributed by atoms with E-state index in [2.05, 4.69) is 0 Å². The zero-order valence-corrected chi connectivity index (χ0v) is 12.1. The number of imide groups is 1. The number of rotatable bonds is 4. The van der Waals surface area contributed by atoms with Crippen molar-refractivity contribution in [2.24, 2.45) is 11.3 Å². The van der Waals surface area contributed by atoms with Crippen LogP contribution in [0.25, 0.3) is 0 Å². The molecule has 1 aliphatic rings. The lowest BCUT2D eigenvalue weighted by molar-refractivity contribution is -0.156. The smallest absolute Gasteiger partial charge is 0.229 e. The molecule has 1 atom stereocenters. The summed E-state index contributed by atoms with van der Waals surface area (Å²) in [5, 5.41) is 10.3. The van der Waals surface area contributed by atoms with Crippen LogP contribution in [-0.4, -0.2) is 34.0 Å². The van der Waals surface area contributed by atoms with Gasteiger partial charge in [0.1, 0.15) is 0 Å². The molecule has 1 aliphatic heterocycles. The van der Waals surface area contributed by atoms with Crippen LogP contribution in [-0.2, 0) is 9.59 Å². The molecule has 18 heavy (non-hydrogen) atoms. The summed E-state index contributed by atoms with van der Waals surface area (Å²) >= 11 is 0. The summed E-state index contributed by atoms with van der Waals surface area (Å²) in [5.41, 5.74) is -1.25. The molecule has 4 nitrogen and oxygen atoms in total. The molecule has 0 spiro atoms. The molecule has 4 heteroatoms. The molecule has 1 heterocycles. The zero-order chi connectivity index (χ0) is 14.1. The Labute approximate surface area is 109 Å². The second kappa shape index (κ2) is 5.00. The predicted molar refractivity (Wildman–Crippen MR) is 69.8 cm³/mol. The summed E-state index contributed by atoms with van der Waals surface area (Å²) < 4.78 is 0. The van der Waals surface area contributed by atoms with Gasteiger partial charge in [-0.3, -0.25) is 14.5 Å². The number of carbonyl (C=O) groups excluding carboxylic acids is 2. The van der Waals surface area contributed by atoms with Crippen LogP contribution < -0.4 is 0 Å². The largest absolute Gasteiger partial charge is 0.388 e. The summed E-state index contributed by atoms with van der Waals surface area (Å²) in [6.07, 6.45) is 1.32. The van der Waals surface area contributed by atoms with Gasteiger partial charge in [-0.25, -0.2) is 0 Å². The van der Waals surface area contributed by atoms with E-state index in [9.17, 15) is 14.7 Å². The second-order valence-corrected chi connectivity index (χ2v) is 6.99. The molecular weight excluding hydrogens is 230 g/mol. The summed E-state index contributed by atoms with van der Waals surface area (Å²) in [7, 11) is 0. The van der Waals surface area contributed by atoms with Gasteiger partial charge in [-0.1, -0.05) is 27.7 Å². The molecule has 1 rings (SSSR count). The normalized spacial score (nSPS) is 23.4. The molecule has 0 bridgehead atoms. The van der Waals surface area contributed by atoms with Crippen LogP contribution >= 0.6 is 0 Å². The SMILES string of the molecule is CC(C)CC(C)(O)CN1C(=O)CC(C)(C)CC1=O. The number of likely N-dealkylation sites (tertiary alicyclic amines) is 1. The topological polar surface area (TPSA) is 57.6 Å². The van der Waals surface area contributed by atoms with Gasteiger partial charge in [-0.2, -0.15) is 0 Å². The predicted octanol–water partition coefficient (Wildman–Crippen LogP) is 1.96. The number of piperidine rings is 1. The van der Waals surface area contributed by atoms with Crippen molar-refractivity contribution >= 4 is 11.8 Å². The van der Waals surface area contributed by atoms with Gasteiger partial charge in [-0.05, 0) is 24.7 Å². The third-order valence-electron chi connectivity index (χ3n) is 3.21. The molecule has 0 saturated carbocycles. The molecule has 0 aliphatic carbocycles. The van der Waals surface area contributed by atoms with Crippen LogP contribution in [0.15, 0.2) is 0 Å². The Morgan fingerprint density at radius 3 is 2.11 bits per heavy atom. The monoisotopic (exact) mass is 255 g/mol. The van der Waals surface area contributed by atoms with Gasteiger partial charge in [0.05, 0.1) is 12.1 Å². The van der Waals surface area contributed by atoms with Crippen molar-refractivity contribution in [3.8, 4) is 0 Å². The number of amides is 2. The Hall–Kier alpha value is -0.900. The molecule has 0 aromatic carbocycles. The van der Waals surface area contributed by atoms with Gasteiger partial charge in [0.25, 0.3) is 0 Å². The molecule has 0 aromatic rings. The van der Waals surface area contributed by atoms with E-state index < -0.39 is 5.60 Å². The Kier molecular flexibility index (Phi) is 4.21. The van der Waals surface area contributed by atoms with Gasteiger partial charge in [0.2, 0.25) is 11.8 Å². The third kappa shape index (κ3) is 4.09. The first kappa shape index (κ1) is 15.2. The van der Waals surface area contributed by atoms with E-state index in [-0.39, 0.29) is 23.8 Å². The van der Waals surface area contributed by atoms with Crippen molar-refractivity contribution in [3.63, 3.8) is 0 Å². The number of β-amino-alcohol motifs (C(OH)–C–C–N with tert-alkyl or cyclic N) is 1. The summed E-state index contributed by atoms with van der Waals surface area (Å²) in [5.74, 6) is -0.00741. The van der Waals surface area contributed by atoms with E-state index in [1.807, 2.05) is 27.7 Å². The fourth-order valence-electron chi connectivity index (χ4n) is 2.67.